The number of ether oxygens (including phenoxy) is 7. The topological polar surface area (TPSA) is 228 Å². The highest BCUT2D eigenvalue weighted by atomic mass is 16.6. The number of aliphatic hydroxyl groups is 2. The van der Waals surface area contributed by atoms with Gasteiger partial charge in [0, 0.05) is 58.5 Å². The first-order valence-electron chi connectivity index (χ1n) is 26.3. The van der Waals surface area contributed by atoms with Crippen molar-refractivity contribution < 1.29 is 76.9 Å². The molecular formula is C56H85NO16. The van der Waals surface area contributed by atoms with Crippen molar-refractivity contribution in [1.82, 2.24) is 4.90 Å². The highest BCUT2D eigenvalue weighted by molar-refractivity contribution is 6.39. The Morgan fingerprint density at radius 3 is 2.21 bits per heavy atom. The van der Waals surface area contributed by atoms with Gasteiger partial charge in [-0.05, 0) is 107 Å². The number of nitrogens with zero attached hydrogens (tertiary/aromatic N) is 1. The Labute approximate surface area is 432 Å². The second kappa shape index (κ2) is 29.1. The Balaban J connectivity index is 1.68. The average Bonchev–Trinajstić information content (AvgIpc) is 3.37. The lowest BCUT2D eigenvalue weighted by atomic mass is 9.78. The lowest BCUT2D eigenvalue weighted by Crippen LogP contribution is -2.61. The van der Waals surface area contributed by atoms with Crippen LogP contribution in [0.4, 0.5) is 0 Å². The van der Waals surface area contributed by atoms with Gasteiger partial charge in [0.15, 0.2) is 5.78 Å². The molecule has 0 radical (unpaired) electrons. The highest BCUT2D eigenvalue weighted by Gasteiger charge is 2.53. The molecule has 1 aliphatic carbocycles. The van der Waals surface area contributed by atoms with Gasteiger partial charge in [0.05, 0.1) is 38.3 Å². The maximum absolute atomic E-state index is 14.5. The molecule has 15 atom stereocenters. The Hall–Kier alpha value is -4.39. The van der Waals surface area contributed by atoms with Gasteiger partial charge in [0.25, 0.3) is 11.7 Å². The van der Waals surface area contributed by atoms with Crippen LogP contribution < -0.4 is 0 Å². The van der Waals surface area contributed by atoms with Crippen LogP contribution in [0.3, 0.4) is 0 Å². The van der Waals surface area contributed by atoms with E-state index in [-0.39, 0.29) is 55.6 Å². The van der Waals surface area contributed by atoms with Crippen LogP contribution >= 0.6 is 0 Å². The van der Waals surface area contributed by atoms with E-state index in [4.69, 9.17) is 28.4 Å². The summed E-state index contributed by atoms with van der Waals surface area (Å²) < 4.78 is 40.0. The van der Waals surface area contributed by atoms with Gasteiger partial charge in [-0.2, -0.15) is 0 Å². The molecule has 3 fully saturated rings. The average molecular weight is 1030 g/mol. The first kappa shape index (κ1) is 61.2. The summed E-state index contributed by atoms with van der Waals surface area (Å²) in [6.07, 6.45) is 9.96. The Morgan fingerprint density at radius 2 is 1.53 bits per heavy atom. The molecule has 17 nitrogen and oxygen atoms in total. The Morgan fingerprint density at radius 1 is 0.822 bits per heavy atom. The van der Waals surface area contributed by atoms with Crippen molar-refractivity contribution in [3.05, 3.63) is 47.6 Å². The summed E-state index contributed by atoms with van der Waals surface area (Å²) in [6.45, 7) is 12.6. The third-order valence-electron chi connectivity index (χ3n) is 15.5. The van der Waals surface area contributed by atoms with Crippen molar-refractivity contribution in [2.24, 2.45) is 35.5 Å². The molecule has 2 N–H and O–H groups in total. The van der Waals surface area contributed by atoms with E-state index >= 15 is 0 Å². The summed E-state index contributed by atoms with van der Waals surface area (Å²) in [6, 6.07) is -1.19. The molecule has 1 amide bonds. The zero-order chi connectivity index (χ0) is 54.2. The van der Waals surface area contributed by atoms with Crippen molar-refractivity contribution in [3.63, 3.8) is 0 Å². The molecule has 0 aromatic rings. The van der Waals surface area contributed by atoms with Crippen molar-refractivity contribution in [2.45, 2.75) is 193 Å². The molecule has 0 spiro atoms. The molecule has 3 heterocycles. The molecule has 410 valence electrons. The molecule has 17 heteroatoms. The van der Waals surface area contributed by atoms with E-state index in [1.54, 1.807) is 40.9 Å². The number of hydrogen-bond donors (Lipinski definition) is 2. The molecule has 4 aliphatic rings. The van der Waals surface area contributed by atoms with Crippen molar-refractivity contribution >= 4 is 41.2 Å². The lowest BCUT2D eigenvalue weighted by Gasteiger charge is -2.42. The third-order valence-corrected chi connectivity index (χ3v) is 15.5. The molecule has 2 bridgehead atoms. The summed E-state index contributed by atoms with van der Waals surface area (Å²) in [7, 11) is 5.71. The number of ketones is 3. The summed E-state index contributed by atoms with van der Waals surface area (Å²) in [5.41, 5.74) is 1.22. The van der Waals surface area contributed by atoms with Crippen LogP contribution in [-0.4, -0.2) is 146 Å². The molecule has 4 rings (SSSR count). The van der Waals surface area contributed by atoms with Gasteiger partial charge in [-0.15, -0.1) is 0 Å². The fourth-order valence-electron chi connectivity index (χ4n) is 10.8. The predicted molar refractivity (Wildman–Crippen MR) is 270 cm³/mol. The van der Waals surface area contributed by atoms with E-state index in [2.05, 4.69) is 4.74 Å². The summed E-state index contributed by atoms with van der Waals surface area (Å²) >= 11 is 0. The molecule has 1 unspecified atom stereocenters. The third kappa shape index (κ3) is 17.1. The lowest BCUT2D eigenvalue weighted by molar-refractivity contribution is -0.265. The molecule has 0 aromatic carbocycles. The van der Waals surface area contributed by atoms with Gasteiger partial charge in [-0.1, -0.05) is 71.1 Å². The highest BCUT2D eigenvalue weighted by Crippen LogP contribution is 2.38. The van der Waals surface area contributed by atoms with Gasteiger partial charge in [-0.25, -0.2) is 4.79 Å². The number of carbonyl (C=O) groups excluding carboxylic acids is 7. The number of fused-ring (bicyclic) bond motifs is 3. The SMILES string of the molecule is COC(=O)CCC(=O)O[C@@H]1CC[C@@H](CC(C)[C@@H]2CC(=O)[C@H](C)/C=C(\C)[C@@H](O)[C@@H](OC)C(=O)[C@H](C)C[C@H](C)/C=C/C=C/C=C(\C)[C@@H](OC)C[C@@H]3CC[C@@H](C)[C@@](O)(O3)C(=O)C(=O)N3CCCC[C@H]3C(=O)O2)C[C@H]1OC. The van der Waals surface area contributed by atoms with Gasteiger partial charge in [-0.3, -0.25) is 28.8 Å². The maximum atomic E-state index is 14.5. The minimum absolute atomic E-state index is 0.00335. The van der Waals surface area contributed by atoms with Gasteiger partial charge < -0.3 is 48.3 Å². The van der Waals surface area contributed by atoms with Crippen LogP contribution in [0.1, 0.15) is 138 Å². The van der Waals surface area contributed by atoms with E-state index in [1.807, 2.05) is 51.2 Å². The number of hydrogen-bond acceptors (Lipinski definition) is 16. The smallest absolute Gasteiger partial charge is 0.329 e. The number of rotatable bonds is 10. The molecule has 3 aliphatic heterocycles. The number of methoxy groups -OCH3 is 4. The fourth-order valence-corrected chi connectivity index (χ4v) is 10.8. The molecule has 73 heavy (non-hydrogen) atoms. The van der Waals surface area contributed by atoms with E-state index in [1.165, 1.54) is 26.2 Å². The second-order valence-electron chi connectivity index (χ2n) is 21.1. The standard InChI is InChI=1S/C56H85NO16/c1-33-17-13-12-14-18-34(2)45(67-8)31-41-22-20-39(7)56(66,73-41)53(63)54(64)57-26-16-15-19-42(57)55(65)72-46(32-43(58)35(3)28-38(6)51(62)52(70-11)50(61)37(5)27-33)36(4)29-40-21-23-44(47(30-40)68-9)71-49(60)25-24-48(59)69-10/h12-14,17-18,28,33,35-37,39-42,44-47,51-52,62,66H,15-16,19-27,29-32H2,1-11H3/b14-12+,17-13+,34-18+,38-28+/t33-,35-,36?,37-,39-,40+,41+,42+,44-,45+,46+,47-,51-,52+,56-/m1/s1. The summed E-state index contributed by atoms with van der Waals surface area (Å²) in [5.74, 6) is -9.56. The van der Waals surface area contributed by atoms with E-state index in [0.29, 0.717) is 69.8 Å². The second-order valence-corrected chi connectivity index (χ2v) is 21.1. The quantitative estimate of drug-likeness (QED) is 0.101. The van der Waals surface area contributed by atoms with Crippen molar-refractivity contribution in [2.75, 3.05) is 35.0 Å². The summed E-state index contributed by atoms with van der Waals surface area (Å²) in [4.78, 5) is 96.6. The van der Waals surface area contributed by atoms with Crippen molar-refractivity contribution in [1.29, 1.82) is 0 Å². The minimum Gasteiger partial charge on any atom is -0.469 e. The van der Waals surface area contributed by atoms with Crippen molar-refractivity contribution in [3.8, 4) is 0 Å². The largest absolute Gasteiger partial charge is 0.469 e. The number of piperidine rings is 1. The predicted octanol–water partition coefficient (Wildman–Crippen LogP) is 6.68. The van der Waals surface area contributed by atoms with E-state index in [9.17, 15) is 43.8 Å². The molecule has 1 saturated carbocycles. The van der Waals surface area contributed by atoms with E-state index in [0.717, 1.165) is 5.57 Å². The summed E-state index contributed by atoms with van der Waals surface area (Å²) in [5, 5.41) is 23.5. The van der Waals surface area contributed by atoms with Gasteiger partial charge in [0.1, 0.15) is 36.2 Å². The molecular weight excluding hydrogens is 943 g/mol. The number of Topliss-reactive ketones (excluding diaryl/α,β-unsaturated/α-hetero) is 3. The minimum atomic E-state index is -2.46. The number of carbonyl (C=O) groups is 7. The number of cyclic esters (lactones) is 1. The number of esters is 3. The van der Waals surface area contributed by atoms with Crippen LogP contribution in [0.2, 0.25) is 0 Å². The van der Waals surface area contributed by atoms with Crippen LogP contribution in [0.25, 0.3) is 0 Å². The van der Waals surface area contributed by atoms with Crippen LogP contribution in [0.15, 0.2) is 47.6 Å². The number of allylic oxidation sites excluding steroid dienone is 6. The van der Waals surface area contributed by atoms with Gasteiger partial charge in [0.2, 0.25) is 5.79 Å². The monoisotopic (exact) mass is 1030 g/mol. The number of amides is 1. The van der Waals surface area contributed by atoms with Gasteiger partial charge >= 0.3 is 17.9 Å². The normalized spacial score (nSPS) is 37.1. The maximum Gasteiger partial charge on any atom is 0.329 e. The number of aliphatic hydroxyl groups excluding tert-OH is 1. The first-order chi connectivity index (χ1) is 34.6. The Kier molecular flexibility index (Phi) is 24.3. The fraction of sp³-hybridized carbons (Fsp3) is 0.732. The molecule has 0 aromatic heterocycles. The van der Waals surface area contributed by atoms with Crippen LogP contribution in [0.5, 0.6) is 0 Å². The van der Waals surface area contributed by atoms with Crippen LogP contribution in [0, 0.1) is 35.5 Å². The van der Waals surface area contributed by atoms with Crippen LogP contribution in [-0.2, 0) is 66.7 Å². The molecule has 2 saturated heterocycles. The zero-order valence-corrected chi connectivity index (χ0v) is 45.2. The Bertz CT molecular complexity index is 2030. The first-order valence-corrected chi connectivity index (χ1v) is 26.3. The van der Waals surface area contributed by atoms with E-state index < -0.39 is 108 Å². The zero-order valence-electron chi connectivity index (χ0n) is 45.2.